The minimum Gasteiger partial charge on any atom is -0.507 e. The SMILES string of the molecule is [2H]C([2H])([2H])c1ccc(-c2ccnc(-c3cc(-c4cccc5c4nc(-c4cc(C(C)C)cc(C(C)C)c4O)n5-c4ccc(C([2H])(C)C)cc4-c4ccccc4)cc(C(C)(C)C)c3)c2)cc1. The molecule has 6 aromatic carbocycles. The summed E-state index contributed by atoms with van der Waals surface area (Å²) in [5.74, 6) is 0.301. The lowest BCUT2D eigenvalue weighted by molar-refractivity contribution is 0.466. The Labute approximate surface area is 362 Å². The molecule has 4 nitrogen and oxygen atoms in total. The van der Waals surface area contributed by atoms with Crippen molar-refractivity contribution in [3.8, 4) is 67.5 Å². The first kappa shape index (κ1) is 35.7. The van der Waals surface area contributed by atoms with Crippen LogP contribution in [0.2, 0.25) is 0 Å². The van der Waals surface area contributed by atoms with Crippen LogP contribution in [0.3, 0.4) is 0 Å². The molecule has 2 heterocycles. The van der Waals surface area contributed by atoms with Gasteiger partial charge in [-0.3, -0.25) is 9.55 Å². The van der Waals surface area contributed by atoms with Gasteiger partial charge >= 0.3 is 0 Å². The summed E-state index contributed by atoms with van der Waals surface area (Å²) in [4.78, 5) is 10.5. The number of hydrogen-bond acceptors (Lipinski definition) is 3. The molecule has 0 aliphatic carbocycles. The van der Waals surface area contributed by atoms with Crippen LogP contribution >= 0.6 is 0 Å². The predicted molar refractivity (Wildman–Crippen MR) is 253 cm³/mol. The summed E-state index contributed by atoms with van der Waals surface area (Å²) < 4.78 is 34.7. The van der Waals surface area contributed by atoms with E-state index in [1.165, 1.54) is 0 Å². The Bertz CT molecular complexity index is 3000. The van der Waals surface area contributed by atoms with Crippen LogP contribution in [0, 0.1) is 6.85 Å². The quantitative estimate of drug-likeness (QED) is 0.158. The Hall–Kier alpha value is -6.26. The van der Waals surface area contributed by atoms with Gasteiger partial charge in [0.25, 0.3) is 0 Å². The Morgan fingerprint density at radius 2 is 1.35 bits per heavy atom. The second kappa shape index (κ2) is 16.1. The molecule has 0 saturated carbocycles. The number of aryl methyl sites for hydroxylation is 1. The summed E-state index contributed by atoms with van der Waals surface area (Å²) in [6, 6.07) is 44.8. The van der Waals surface area contributed by atoms with Crippen LogP contribution < -0.4 is 0 Å². The first-order valence-electron chi connectivity index (χ1n) is 23.0. The van der Waals surface area contributed by atoms with Crippen molar-refractivity contribution in [2.75, 3.05) is 0 Å². The van der Waals surface area contributed by atoms with E-state index in [4.69, 9.17) is 15.5 Å². The number of aromatic hydroxyl groups is 1. The molecule has 0 atom stereocenters. The van der Waals surface area contributed by atoms with Gasteiger partial charge in [0.15, 0.2) is 0 Å². The van der Waals surface area contributed by atoms with E-state index in [9.17, 15) is 5.11 Å². The second-order valence-electron chi connectivity index (χ2n) is 17.9. The van der Waals surface area contributed by atoms with Gasteiger partial charge in [-0.15, -0.1) is 0 Å². The molecule has 1 N–H and O–H groups in total. The maximum Gasteiger partial charge on any atom is 0.149 e. The van der Waals surface area contributed by atoms with E-state index in [1.807, 2.05) is 56.3 Å². The molecule has 2 aromatic heterocycles. The number of para-hydroxylation sites is 1. The lowest BCUT2D eigenvalue weighted by atomic mass is 9.83. The topological polar surface area (TPSA) is 50.9 Å². The summed E-state index contributed by atoms with van der Waals surface area (Å²) in [5, 5.41) is 12.3. The van der Waals surface area contributed by atoms with Crippen LogP contribution in [0.5, 0.6) is 5.75 Å². The highest BCUT2D eigenvalue weighted by molar-refractivity contribution is 5.98. The molecule has 0 spiro atoms. The molecule has 0 fully saturated rings. The van der Waals surface area contributed by atoms with Gasteiger partial charge in [0.1, 0.15) is 11.6 Å². The molecule has 0 unspecified atom stereocenters. The minimum atomic E-state index is -2.17. The first-order valence-corrected chi connectivity index (χ1v) is 21.0. The summed E-state index contributed by atoms with van der Waals surface area (Å²) in [5.41, 5.74) is 14.8. The summed E-state index contributed by atoms with van der Waals surface area (Å²) in [7, 11) is 0. The molecule has 8 rings (SSSR count). The largest absolute Gasteiger partial charge is 0.507 e. The molecule has 8 aromatic rings. The van der Waals surface area contributed by atoms with Gasteiger partial charge in [-0.05, 0) is 123 Å². The molecule has 4 heteroatoms. The zero-order valence-electron chi connectivity index (χ0n) is 40.2. The van der Waals surface area contributed by atoms with Gasteiger partial charge < -0.3 is 5.11 Å². The number of hydrogen-bond donors (Lipinski definition) is 1. The van der Waals surface area contributed by atoms with Crippen LogP contribution in [0.1, 0.15) is 113 Å². The third-order valence-corrected chi connectivity index (χ3v) is 11.7. The highest BCUT2D eigenvalue weighted by Crippen LogP contribution is 2.44. The lowest BCUT2D eigenvalue weighted by Gasteiger charge is -2.22. The van der Waals surface area contributed by atoms with E-state index < -0.39 is 12.7 Å². The normalized spacial score (nSPS) is 13.4. The maximum atomic E-state index is 12.3. The Balaban J connectivity index is 1.41. The standard InChI is InChI=1S/C56H57N3O/c1-34(2)40-23-24-51(48(30-40)39-15-12-11-13-16-39)59-52-18-14-17-46(53(52)58-55(59)49-32-42(35(3)4)31-47(36(5)6)54(49)60)43-27-44(29-45(28-43)56(8,9)10)50-33-41(25-26-57-50)38-21-19-37(7)20-22-38/h11-36,60H,1-10H3/i7D3,34D. The summed E-state index contributed by atoms with van der Waals surface area (Å²) in [6.07, 6.45) is 1.81. The first-order chi connectivity index (χ1) is 30.2. The number of rotatable bonds is 9. The van der Waals surface area contributed by atoms with Gasteiger partial charge in [-0.1, -0.05) is 153 Å². The highest BCUT2D eigenvalue weighted by atomic mass is 16.3. The van der Waals surface area contributed by atoms with E-state index in [2.05, 4.69) is 132 Å². The smallest absolute Gasteiger partial charge is 0.149 e. The van der Waals surface area contributed by atoms with Crippen molar-refractivity contribution < 1.29 is 10.6 Å². The van der Waals surface area contributed by atoms with E-state index in [1.54, 1.807) is 18.3 Å². The maximum absolute atomic E-state index is 12.3. The summed E-state index contributed by atoms with van der Waals surface area (Å²) >= 11 is 0. The average Bonchev–Trinajstić information content (AvgIpc) is 3.65. The zero-order chi connectivity index (χ0) is 45.9. The van der Waals surface area contributed by atoms with E-state index >= 15 is 0 Å². The van der Waals surface area contributed by atoms with Crippen molar-refractivity contribution >= 4 is 11.0 Å². The number of imidazole rings is 1. The van der Waals surface area contributed by atoms with Gasteiger partial charge in [0, 0.05) is 28.4 Å². The molecule has 0 bridgehead atoms. The molecular formula is C56H57N3O. The number of benzene rings is 6. The van der Waals surface area contributed by atoms with Crippen molar-refractivity contribution in [3.63, 3.8) is 0 Å². The Morgan fingerprint density at radius 1 is 0.617 bits per heavy atom. The average molecular weight is 792 g/mol. The van der Waals surface area contributed by atoms with Crippen LogP contribution in [-0.4, -0.2) is 19.6 Å². The highest BCUT2D eigenvalue weighted by Gasteiger charge is 2.26. The fourth-order valence-corrected chi connectivity index (χ4v) is 8.07. The number of phenolic OH excluding ortho intramolecular Hbond substituents is 1. The van der Waals surface area contributed by atoms with Crippen molar-refractivity contribution in [3.05, 3.63) is 167 Å². The fourth-order valence-electron chi connectivity index (χ4n) is 8.07. The van der Waals surface area contributed by atoms with Crippen LogP contribution in [0.4, 0.5) is 0 Å². The third-order valence-electron chi connectivity index (χ3n) is 11.7. The number of nitrogens with zero attached hydrogens (tertiary/aromatic N) is 3. The second-order valence-corrected chi connectivity index (χ2v) is 17.9. The molecular weight excluding hydrogens is 731 g/mol. The van der Waals surface area contributed by atoms with Gasteiger partial charge in [0.2, 0.25) is 0 Å². The van der Waals surface area contributed by atoms with Crippen molar-refractivity contribution in [2.24, 2.45) is 0 Å². The van der Waals surface area contributed by atoms with Gasteiger partial charge in [0.05, 0.1) is 28.0 Å². The molecule has 0 saturated heterocycles. The van der Waals surface area contributed by atoms with Crippen molar-refractivity contribution in [2.45, 2.75) is 92.3 Å². The Kier molecular flexibility index (Phi) is 9.55. The molecule has 0 amide bonds. The molecule has 0 radical (unpaired) electrons. The van der Waals surface area contributed by atoms with Gasteiger partial charge in [-0.25, -0.2) is 4.98 Å². The van der Waals surface area contributed by atoms with Crippen LogP contribution in [-0.2, 0) is 5.41 Å². The van der Waals surface area contributed by atoms with E-state index in [0.717, 1.165) is 83.6 Å². The number of fused-ring (bicyclic) bond motifs is 1. The third kappa shape index (κ3) is 7.79. The molecule has 60 heavy (non-hydrogen) atoms. The minimum absolute atomic E-state index is 0.0727. The fraction of sp³-hybridized carbons (Fsp3) is 0.250. The Morgan fingerprint density at radius 3 is 2.03 bits per heavy atom. The molecule has 302 valence electrons. The van der Waals surface area contributed by atoms with E-state index in [0.29, 0.717) is 17.0 Å². The van der Waals surface area contributed by atoms with Crippen molar-refractivity contribution in [1.29, 1.82) is 0 Å². The lowest BCUT2D eigenvalue weighted by Crippen LogP contribution is -2.11. The van der Waals surface area contributed by atoms with E-state index in [-0.39, 0.29) is 23.0 Å². The predicted octanol–water partition coefficient (Wildman–Crippen LogP) is 15.4. The number of pyridine rings is 1. The zero-order valence-corrected chi connectivity index (χ0v) is 36.2. The molecule has 0 aliphatic rings. The molecule has 0 aliphatic heterocycles. The van der Waals surface area contributed by atoms with Gasteiger partial charge in [-0.2, -0.15) is 0 Å². The van der Waals surface area contributed by atoms with Crippen LogP contribution in [0.15, 0.2) is 140 Å². The summed E-state index contributed by atoms with van der Waals surface area (Å²) in [6.45, 7) is 16.9. The number of aromatic nitrogens is 3. The van der Waals surface area contributed by atoms with Crippen molar-refractivity contribution in [1.82, 2.24) is 14.5 Å². The number of phenols is 1. The monoisotopic (exact) mass is 791 g/mol. The van der Waals surface area contributed by atoms with Crippen LogP contribution in [0.25, 0.3) is 72.7 Å².